The molecule has 1 unspecified atom stereocenters. The van der Waals surface area contributed by atoms with Crippen LogP contribution in [0.1, 0.15) is 49.3 Å². The zero-order chi connectivity index (χ0) is 13.4. The van der Waals surface area contributed by atoms with E-state index in [1.165, 1.54) is 30.4 Å². The van der Waals surface area contributed by atoms with Gasteiger partial charge in [0.1, 0.15) is 0 Å². The summed E-state index contributed by atoms with van der Waals surface area (Å²) in [6, 6.07) is 6.61. The van der Waals surface area contributed by atoms with Crippen molar-refractivity contribution in [3.63, 3.8) is 0 Å². The Bertz CT molecular complexity index is 377. The molecule has 1 aromatic rings. The van der Waals surface area contributed by atoms with E-state index in [9.17, 15) is 0 Å². The first-order valence-electron chi connectivity index (χ1n) is 6.52. The molecule has 0 aliphatic carbocycles. The highest BCUT2D eigenvalue weighted by molar-refractivity contribution is 9.10. The van der Waals surface area contributed by atoms with Crippen molar-refractivity contribution in [1.82, 2.24) is 5.43 Å². The molecule has 0 radical (unpaired) electrons. The number of hydrogen-bond donors (Lipinski definition) is 2. The lowest BCUT2D eigenvalue weighted by atomic mass is 9.99. The molecule has 2 nitrogen and oxygen atoms in total. The molecule has 0 aromatic heterocycles. The standard InChI is InChI=1S/C15H23BrN2/c1-3-4-5-6-7-8-15(18-17)13-11-12(2)9-10-14(13)16/h3,9-11,15,18H,1,4-8,17H2,2H3. The third-order valence-corrected chi connectivity index (χ3v) is 3.85. The van der Waals surface area contributed by atoms with Crippen LogP contribution in [0.4, 0.5) is 0 Å². The lowest BCUT2D eigenvalue weighted by Gasteiger charge is -2.18. The van der Waals surface area contributed by atoms with Gasteiger partial charge in [0.15, 0.2) is 0 Å². The van der Waals surface area contributed by atoms with Crippen molar-refractivity contribution in [1.29, 1.82) is 0 Å². The van der Waals surface area contributed by atoms with Crippen LogP contribution >= 0.6 is 15.9 Å². The summed E-state index contributed by atoms with van der Waals surface area (Å²) in [7, 11) is 0. The molecule has 3 heteroatoms. The summed E-state index contributed by atoms with van der Waals surface area (Å²) in [5.41, 5.74) is 5.44. The zero-order valence-corrected chi connectivity index (χ0v) is 12.7. The molecule has 18 heavy (non-hydrogen) atoms. The van der Waals surface area contributed by atoms with E-state index in [0.717, 1.165) is 17.3 Å². The summed E-state index contributed by atoms with van der Waals surface area (Å²) in [5, 5.41) is 0. The molecule has 1 rings (SSSR count). The SMILES string of the molecule is C=CCCCCCC(NN)c1cc(C)ccc1Br. The summed E-state index contributed by atoms with van der Waals surface area (Å²) in [6.07, 6.45) is 7.78. The molecule has 0 saturated heterocycles. The summed E-state index contributed by atoms with van der Waals surface area (Å²) >= 11 is 3.60. The first-order valence-corrected chi connectivity index (χ1v) is 7.31. The van der Waals surface area contributed by atoms with Gasteiger partial charge in [0.05, 0.1) is 0 Å². The van der Waals surface area contributed by atoms with Gasteiger partial charge in [-0.1, -0.05) is 52.5 Å². The Morgan fingerprint density at radius 1 is 1.39 bits per heavy atom. The largest absolute Gasteiger partial charge is 0.271 e. The second-order valence-corrected chi connectivity index (χ2v) is 5.53. The smallest absolute Gasteiger partial charge is 0.0471 e. The maximum absolute atomic E-state index is 5.68. The molecule has 0 fully saturated rings. The van der Waals surface area contributed by atoms with Crippen molar-refractivity contribution < 1.29 is 0 Å². The minimum absolute atomic E-state index is 0.225. The molecule has 100 valence electrons. The van der Waals surface area contributed by atoms with Gasteiger partial charge in [0, 0.05) is 10.5 Å². The monoisotopic (exact) mass is 310 g/mol. The van der Waals surface area contributed by atoms with E-state index in [-0.39, 0.29) is 6.04 Å². The normalized spacial score (nSPS) is 12.4. The van der Waals surface area contributed by atoms with Crippen molar-refractivity contribution in [3.8, 4) is 0 Å². The summed E-state index contributed by atoms with van der Waals surface area (Å²) in [6.45, 7) is 5.84. The predicted molar refractivity (Wildman–Crippen MR) is 82.2 cm³/mol. The van der Waals surface area contributed by atoms with Crippen LogP contribution in [-0.2, 0) is 0 Å². The van der Waals surface area contributed by atoms with Gasteiger partial charge in [-0.3, -0.25) is 11.3 Å². The number of unbranched alkanes of at least 4 members (excludes halogenated alkanes) is 3. The Balaban J connectivity index is 2.54. The fourth-order valence-corrected chi connectivity index (χ4v) is 2.60. The molecular weight excluding hydrogens is 288 g/mol. The molecule has 0 spiro atoms. The van der Waals surface area contributed by atoms with Crippen LogP contribution in [0.5, 0.6) is 0 Å². The van der Waals surface area contributed by atoms with Crippen LogP contribution in [0.2, 0.25) is 0 Å². The number of nitrogens with one attached hydrogen (secondary N) is 1. The zero-order valence-electron chi connectivity index (χ0n) is 11.1. The average molecular weight is 311 g/mol. The van der Waals surface area contributed by atoms with Gasteiger partial charge in [0.25, 0.3) is 0 Å². The van der Waals surface area contributed by atoms with Crippen LogP contribution in [0, 0.1) is 6.92 Å². The maximum atomic E-state index is 5.68. The number of aryl methyl sites for hydroxylation is 1. The first-order chi connectivity index (χ1) is 8.69. The molecule has 0 aliphatic heterocycles. The molecule has 0 bridgehead atoms. The number of rotatable bonds is 8. The highest BCUT2D eigenvalue weighted by Crippen LogP contribution is 2.27. The fourth-order valence-electron chi connectivity index (χ4n) is 2.07. The van der Waals surface area contributed by atoms with Gasteiger partial charge >= 0.3 is 0 Å². The van der Waals surface area contributed by atoms with Gasteiger partial charge in [-0.2, -0.15) is 0 Å². The number of benzene rings is 1. The van der Waals surface area contributed by atoms with Gasteiger partial charge < -0.3 is 0 Å². The predicted octanol–water partition coefficient (Wildman–Crippen LogP) is 4.40. The molecular formula is C15H23BrN2. The molecule has 3 N–H and O–H groups in total. The number of allylic oxidation sites excluding steroid dienone is 1. The van der Waals surface area contributed by atoms with E-state index in [0.29, 0.717) is 0 Å². The summed E-state index contributed by atoms with van der Waals surface area (Å²) in [4.78, 5) is 0. The van der Waals surface area contributed by atoms with E-state index < -0.39 is 0 Å². The van der Waals surface area contributed by atoms with Crippen LogP contribution in [0.25, 0.3) is 0 Å². The third-order valence-electron chi connectivity index (χ3n) is 3.13. The lowest BCUT2D eigenvalue weighted by molar-refractivity contribution is 0.482. The molecule has 0 saturated carbocycles. The van der Waals surface area contributed by atoms with Gasteiger partial charge in [0.2, 0.25) is 0 Å². The minimum atomic E-state index is 0.225. The first kappa shape index (κ1) is 15.4. The van der Waals surface area contributed by atoms with Gasteiger partial charge in [-0.05, 0) is 37.8 Å². The van der Waals surface area contributed by atoms with E-state index in [2.05, 4.69) is 53.1 Å². The van der Waals surface area contributed by atoms with Crippen molar-refractivity contribution >= 4 is 15.9 Å². The maximum Gasteiger partial charge on any atom is 0.0471 e. The van der Waals surface area contributed by atoms with Crippen LogP contribution in [-0.4, -0.2) is 0 Å². The van der Waals surface area contributed by atoms with Gasteiger partial charge in [-0.25, -0.2) is 0 Å². The molecule has 1 atom stereocenters. The second-order valence-electron chi connectivity index (χ2n) is 4.67. The Labute approximate surface area is 119 Å². The average Bonchev–Trinajstić information content (AvgIpc) is 2.37. The molecule has 0 heterocycles. The van der Waals surface area contributed by atoms with E-state index >= 15 is 0 Å². The van der Waals surface area contributed by atoms with Crippen molar-refractivity contribution in [2.75, 3.05) is 0 Å². The molecule has 1 aromatic carbocycles. The number of nitrogens with two attached hydrogens (primary N) is 1. The lowest BCUT2D eigenvalue weighted by Crippen LogP contribution is -2.28. The Morgan fingerprint density at radius 2 is 2.17 bits per heavy atom. The topological polar surface area (TPSA) is 38.0 Å². The minimum Gasteiger partial charge on any atom is -0.271 e. The van der Waals surface area contributed by atoms with Crippen molar-refractivity contribution in [2.24, 2.45) is 5.84 Å². The van der Waals surface area contributed by atoms with E-state index in [1.54, 1.807) is 0 Å². The summed E-state index contributed by atoms with van der Waals surface area (Å²) in [5.74, 6) is 5.68. The van der Waals surface area contributed by atoms with Gasteiger partial charge in [-0.15, -0.1) is 6.58 Å². The highest BCUT2D eigenvalue weighted by Gasteiger charge is 2.12. The quantitative estimate of drug-likeness (QED) is 0.323. The Kier molecular flexibility index (Phi) is 7.25. The van der Waals surface area contributed by atoms with E-state index in [4.69, 9.17) is 5.84 Å². The highest BCUT2D eigenvalue weighted by atomic mass is 79.9. The van der Waals surface area contributed by atoms with E-state index in [1.807, 2.05) is 6.08 Å². The number of hydrazine groups is 1. The van der Waals surface area contributed by atoms with Crippen LogP contribution in [0.15, 0.2) is 35.3 Å². The van der Waals surface area contributed by atoms with Crippen LogP contribution < -0.4 is 11.3 Å². The number of hydrogen-bond acceptors (Lipinski definition) is 2. The number of halogens is 1. The fraction of sp³-hybridized carbons (Fsp3) is 0.467. The third kappa shape index (κ3) is 4.92. The summed E-state index contributed by atoms with van der Waals surface area (Å²) < 4.78 is 1.13. The van der Waals surface area contributed by atoms with Crippen molar-refractivity contribution in [2.45, 2.75) is 45.1 Å². The Morgan fingerprint density at radius 3 is 2.83 bits per heavy atom. The molecule has 0 amide bonds. The Hall–Kier alpha value is -0.640. The second kappa shape index (κ2) is 8.46. The van der Waals surface area contributed by atoms with Crippen molar-refractivity contribution in [3.05, 3.63) is 46.5 Å². The molecule has 0 aliphatic rings. The van der Waals surface area contributed by atoms with Crippen LogP contribution in [0.3, 0.4) is 0 Å².